The summed E-state index contributed by atoms with van der Waals surface area (Å²) in [6.07, 6.45) is -0.00521. The van der Waals surface area contributed by atoms with Crippen LogP contribution in [0.25, 0.3) is 11.1 Å². The molecule has 0 saturated carbocycles. The monoisotopic (exact) mass is 284 g/mol. The van der Waals surface area contributed by atoms with Crippen LogP contribution in [0.15, 0.2) is 48.5 Å². The summed E-state index contributed by atoms with van der Waals surface area (Å²) in [7, 11) is 0. The van der Waals surface area contributed by atoms with Gasteiger partial charge in [-0.25, -0.2) is 4.79 Å². The highest BCUT2D eigenvalue weighted by molar-refractivity contribution is 5.90. The van der Waals surface area contributed by atoms with Crippen LogP contribution in [-0.4, -0.2) is 23.7 Å². The Morgan fingerprint density at radius 2 is 1.76 bits per heavy atom. The Bertz CT molecular complexity index is 644. The lowest BCUT2D eigenvalue weighted by molar-refractivity contribution is -0.136. The molecule has 0 aliphatic heterocycles. The quantitative estimate of drug-likeness (QED) is 0.857. The number of aliphatic carboxylic acids is 1. The van der Waals surface area contributed by atoms with Crippen molar-refractivity contribution in [3.63, 3.8) is 0 Å². The number of esters is 1. The predicted octanol–water partition coefficient (Wildman–Crippen LogP) is 3.16. The Labute approximate surface area is 123 Å². The fraction of sp³-hybridized carbons (Fsp3) is 0.176. The Balaban J connectivity index is 2.22. The van der Waals surface area contributed by atoms with E-state index in [-0.39, 0.29) is 12.4 Å². The number of carboxylic acids is 1. The fourth-order valence-electron chi connectivity index (χ4n) is 2.05. The summed E-state index contributed by atoms with van der Waals surface area (Å²) in [5.41, 5.74) is 3.09. The van der Waals surface area contributed by atoms with Crippen molar-refractivity contribution < 1.29 is 19.4 Å². The van der Waals surface area contributed by atoms with E-state index in [1.165, 1.54) is 0 Å². The molecule has 0 aromatic heterocycles. The van der Waals surface area contributed by atoms with Crippen molar-refractivity contribution in [3.8, 4) is 11.1 Å². The van der Waals surface area contributed by atoms with Crippen LogP contribution in [0.3, 0.4) is 0 Å². The fourth-order valence-corrected chi connectivity index (χ4v) is 2.05. The molecule has 0 spiro atoms. The van der Waals surface area contributed by atoms with Crippen molar-refractivity contribution in [2.24, 2.45) is 0 Å². The molecule has 4 heteroatoms. The van der Waals surface area contributed by atoms with Crippen LogP contribution in [0.1, 0.15) is 22.8 Å². The first kappa shape index (κ1) is 14.8. The molecular weight excluding hydrogens is 268 g/mol. The van der Waals surface area contributed by atoms with E-state index in [1.807, 2.05) is 30.3 Å². The van der Waals surface area contributed by atoms with Crippen LogP contribution in [0.4, 0.5) is 0 Å². The number of benzene rings is 2. The minimum absolute atomic E-state index is 0.00521. The maximum absolute atomic E-state index is 11.6. The van der Waals surface area contributed by atoms with E-state index in [0.717, 1.165) is 16.7 Å². The SMILES string of the molecule is CCOC(=O)c1ccc(-c2cccc(CC(=O)O)c2)cc1. The third-order valence-corrected chi connectivity index (χ3v) is 3.01. The van der Waals surface area contributed by atoms with E-state index in [1.54, 1.807) is 25.1 Å². The maximum Gasteiger partial charge on any atom is 0.338 e. The minimum atomic E-state index is -0.857. The van der Waals surface area contributed by atoms with Crippen LogP contribution < -0.4 is 0 Å². The van der Waals surface area contributed by atoms with Gasteiger partial charge >= 0.3 is 11.9 Å². The first-order chi connectivity index (χ1) is 10.1. The Hall–Kier alpha value is -2.62. The van der Waals surface area contributed by atoms with Crippen LogP contribution in [0.5, 0.6) is 0 Å². The van der Waals surface area contributed by atoms with Crippen LogP contribution >= 0.6 is 0 Å². The first-order valence-electron chi connectivity index (χ1n) is 6.68. The summed E-state index contributed by atoms with van der Waals surface area (Å²) < 4.78 is 4.93. The summed E-state index contributed by atoms with van der Waals surface area (Å²) in [6, 6.07) is 14.4. The Morgan fingerprint density at radius 1 is 1.05 bits per heavy atom. The summed E-state index contributed by atoms with van der Waals surface area (Å²) >= 11 is 0. The van der Waals surface area contributed by atoms with Crippen LogP contribution in [0, 0.1) is 0 Å². The molecule has 0 amide bonds. The van der Waals surface area contributed by atoms with Crippen molar-refractivity contribution in [1.82, 2.24) is 0 Å². The molecule has 0 atom stereocenters. The van der Waals surface area contributed by atoms with Gasteiger partial charge in [-0.2, -0.15) is 0 Å². The third kappa shape index (κ3) is 3.92. The van der Waals surface area contributed by atoms with Gasteiger partial charge in [0.05, 0.1) is 18.6 Å². The van der Waals surface area contributed by atoms with Crippen molar-refractivity contribution in [1.29, 1.82) is 0 Å². The van der Waals surface area contributed by atoms with Gasteiger partial charge in [-0.3, -0.25) is 4.79 Å². The molecular formula is C17H16O4. The second-order valence-corrected chi connectivity index (χ2v) is 4.57. The second kappa shape index (κ2) is 6.70. The van der Waals surface area contributed by atoms with Crippen LogP contribution in [-0.2, 0) is 16.0 Å². The zero-order valence-corrected chi connectivity index (χ0v) is 11.7. The highest BCUT2D eigenvalue weighted by atomic mass is 16.5. The van der Waals surface area contributed by atoms with Gasteiger partial charge < -0.3 is 9.84 Å². The van der Waals surface area contributed by atoms with Gasteiger partial charge in [0.1, 0.15) is 0 Å². The van der Waals surface area contributed by atoms with E-state index < -0.39 is 5.97 Å². The van der Waals surface area contributed by atoms with E-state index >= 15 is 0 Å². The van der Waals surface area contributed by atoms with Gasteiger partial charge in [-0.05, 0) is 35.7 Å². The molecule has 0 bridgehead atoms. The van der Waals surface area contributed by atoms with Crippen molar-refractivity contribution in [3.05, 3.63) is 59.7 Å². The highest BCUT2D eigenvalue weighted by Crippen LogP contribution is 2.21. The molecule has 4 nitrogen and oxygen atoms in total. The number of carbonyl (C=O) groups is 2. The van der Waals surface area contributed by atoms with Gasteiger partial charge in [0.15, 0.2) is 0 Å². The Kier molecular flexibility index (Phi) is 4.72. The van der Waals surface area contributed by atoms with E-state index in [0.29, 0.717) is 12.2 Å². The van der Waals surface area contributed by atoms with E-state index in [4.69, 9.17) is 9.84 Å². The van der Waals surface area contributed by atoms with Crippen molar-refractivity contribution >= 4 is 11.9 Å². The van der Waals surface area contributed by atoms with E-state index in [2.05, 4.69) is 0 Å². The lowest BCUT2D eigenvalue weighted by Gasteiger charge is -2.06. The molecule has 0 fully saturated rings. The lowest BCUT2D eigenvalue weighted by Crippen LogP contribution is -2.04. The minimum Gasteiger partial charge on any atom is -0.481 e. The van der Waals surface area contributed by atoms with Gasteiger partial charge in [-0.1, -0.05) is 36.4 Å². The number of hydrogen-bond donors (Lipinski definition) is 1. The standard InChI is InChI=1S/C17H16O4/c1-2-21-17(20)14-8-6-13(7-9-14)15-5-3-4-12(10-15)11-16(18)19/h3-10H,2,11H2,1H3,(H,18,19). The van der Waals surface area contributed by atoms with Gasteiger partial charge in [0, 0.05) is 0 Å². The summed E-state index contributed by atoms with van der Waals surface area (Å²) in [4.78, 5) is 22.3. The van der Waals surface area contributed by atoms with Gasteiger partial charge in [0.25, 0.3) is 0 Å². The van der Waals surface area contributed by atoms with Crippen molar-refractivity contribution in [2.75, 3.05) is 6.61 Å². The normalized spacial score (nSPS) is 10.1. The largest absolute Gasteiger partial charge is 0.481 e. The van der Waals surface area contributed by atoms with E-state index in [9.17, 15) is 9.59 Å². The molecule has 0 heterocycles. The number of carbonyl (C=O) groups excluding carboxylic acids is 1. The second-order valence-electron chi connectivity index (χ2n) is 4.57. The molecule has 0 unspecified atom stereocenters. The third-order valence-electron chi connectivity index (χ3n) is 3.01. The van der Waals surface area contributed by atoms with Crippen molar-refractivity contribution in [2.45, 2.75) is 13.3 Å². The molecule has 2 aromatic carbocycles. The summed E-state index contributed by atoms with van der Waals surface area (Å²) in [6.45, 7) is 2.11. The first-order valence-corrected chi connectivity index (χ1v) is 6.68. The topological polar surface area (TPSA) is 63.6 Å². The molecule has 108 valence electrons. The molecule has 0 saturated heterocycles. The van der Waals surface area contributed by atoms with Gasteiger partial charge in [-0.15, -0.1) is 0 Å². The molecule has 21 heavy (non-hydrogen) atoms. The molecule has 1 N–H and O–H groups in total. The molecule has 2 rings (SSSR count). The van der Waals surface area contributed by atoms with Gasteiger partial charge in [0.2, 0.25) is 0 Å². The highest BCUT2D eigenvalue weighted by Gasteiger charge is 2.07. The average Bonchev–Trinajstić information content (AvgIpc) is 2.47. The molecule has 0 aliphatic carbocycles. The number of hydrogen-bond acceptors (Lipinski definition) is 3. The Morgan fingerprint density at radius 3 is 2.38 bits per heavy atom. The maximum atomic E-state index is 11.6. The number of carboxylic acid groups (broad SMARTS) is 1. The lowest BCUT2D eigenvalue weighted by atomic mass is 10.0. The average molecular weight is 284 g/mol. The number of ether oxygens (including phenoxy) is 1. The molecule has 0 radical (unpaired) electrons. The molecule has 0 aliphatic rings. The van der Waals surface area contributed by atoms with Crippen LogP contribution in [0.2, 0.25) is 0 Å². The predicted molar refractivity (Wildman–Crippen MR) is 79.2 cm³/mol. The summed E-state index contributed by atoms with van der Waals surface area (Å²) in [5.74, 6) is -1.20. The molecule has 2 aromatic rings. The smallest absolute Gasteiger partial charge is 0.338 e. The number of rotatable bonds is 5. The zero-order chi connectivity index (χ0) is 15.2. The zero-order valence-electron chi connectivity index (χ0n) is 11.7. The summed E-state index contributed by atoms with van der Waals surface area (Å²) in [5, 5.41) is 8.82.